The van der Waals surface area contributed by atoms with Crippen LogP contribution in [0.3, 0.4) is 0 Å². The van der Waals surface area contributed by atoms with Gasteiger partial charge in [0.25, 0.3) is 0 Å². The molecule has 3 heteroatoms. The summed E-state index contributed by atoms with van der Waals surface area (Å²) in [6.45, 7) is 5.09. The van der Waals surface area contributed by atoms with Crippen LogP contribution < -0.4 is 4.74 Å². The molecule has 0 saturated carbocycles. The van der Waals surface area contributed by atoms with Gasteiger partial charge < -0.3 is 4.74 Å². The van der Waals surface area contributed by atoms with Gasteiger partial charge in [0.1, 0.15) is 17.4 Å². The summed E-state index contributed by atoms with van der Waals surface area (Å²) in [4.78, 5) is 0. The molecule has 2 nitrogen and oxygen atoms in total. The minimum absolute atomic E-state index is 0.579. The van der Waals surface area contributed by atoms with Crippen molar-refractivity contribution in [1.82, 2.24) is 0 Å². The number of nitriles is 1. The summed E-state index contributed by atoms with van der Waals surface area (Å²) < 4.78 is 6.60. The highest BCUT2D eigenvalue weighted by molar-refractivity contribution is 9.10. The third-order valence-corrected chi connectivity index (χ3v) is 3.77. The first-order chi connectivity index (χ1) is 8.72. The zero-order valence-electron chi connectivity index (χ0n) is 11.1. The van der Waals surface area contributed by atoms with Gasteiger partial charge in [-0.05, 0) is 40.4 Å². The van der Waals surface area contributed by atoms with Gasteiger partial charge in [-0.1, -0.05) is 39.2 Å². The van der Waals surface area contributed by atoms with Gasteiger partial charge in [-0.25, -0.2) is 0 Å². The Morgan fingerprint density at radius 2 is 2.17 bits per heavy atom. The monoisotopic (exact) mass is 309 g/mol. The van der Waals surface area contributed by atoms with Crippen molar-refractivity contribution in [1.29, 1.82) is 5.26 Å². The Bertz CT molecular complexity index is 411. The van der Waals surface area contributed by atoms with Crippen LogP contribution in [0.5, 0.6) is 5.75 Å². The molecule has 0 bridgehead atoms. The number of halogens is 1. The lowest BCUT2D eigenvalue weighted by Crippen LogP contribution is -2.11. The first kappa shape index (κ1) is 15.0. The van der Waals surface area contributed by atoms with E-state index in [2.05, 4.69) is 35.8 Å². The van der Waals surface area contributed by atoms with Gasteiger partial charge in [0, 0.05) is 4.47 Å². The second kappa shape index (κ2) is 8.16. The average molecular weight is 310 g/mol. The molecule has 0 heterocycles. The lowest BCUT2D eigenvalue weighted by molar-refractivity contribution is 0.232. The van der Waals surface area contributed by atoms with Crippen LogP contribution in [0.4, 0.5) is 0 Å². The maximum atomic E-state index is 9.10. The van der Waals surface area contributed by atoms with Crippen LogP contribution in [-0.4, -0.2) is 6.61 Å². The van der Waals surface area contributed by atoms with E-state index in [4.69, 9.17) is 10.00 Å². The fraction of sp³-hybridized carbons (Fsp3) is 0.533. The third kappa shape index (κ3) is 4.34. The number of ether oxygens (including phenoxy) is 1. The molecule has 0 saturated heterocycles. The fourth-order valence-electron chi connectivity index (χ4n) is 1.84. The highest BCUT2D eigenvalue weighted by Crippen LogP contribution is 2.26. The van der Waals surface area contributed by atoms with Crippen LogP contribution in [0, 0.1) is 17.2 Å². The molecule has 1 aromatic rings. The van der Waals surface area contributed by atoms with Crippen molar-refractivity contribution in [3.63, 3.8) is 0 Å². The van der Waals surface area contributed by atoms with E-state index in [9.17, 15) is 0 Å². The molecule has 0 radical (unpaired) electrons. The molecule has 0 fully saturated rings. The zero-order chi connectivity index (χ0) is 13.4. The standard InChI is InChI=1S/C15H20BrNO/c1-3-5-7-12(4-2)11-18-15-9-6-8-14(16)13(15)10-17/h6,8-9,12H,3-5,7,11H2,1-2H3. The quantitative estimate of drug-likeness (QED) is 0.716. The van der Waals surface area contributed by atoms with Crippen LogP contribution in [0.2, 0.25) is 0 Å². The van der Waals surface area contributed by atoms with Gasteiger partial charge in [-0.2, -0.15) is 5.26 Å². The van der Waals surface area contributed by atoms with Gasteiger partial charge in [-0.15, -0.1) is 0 Å². The van der Waals surface area contributed by atoms with E-state index in [-0.39, 0.29) is 0 Å². The van der Waals surface area contributed by atoms with Crippen LogP contribution in [-0.2, 0) is 0 Å². The van der Waals surface area contributed by atoms with Crippen molar-refractivity contribution >= 4 is 15.9 Å². The zero-order valence-corrected chi connectivity index (χ0v) is 12.7. The topological polar surface area (TPSA) is 33.0 Å². The van der Waals surface area contributed by atoms with E-state index in [1.807, 2.05) is 18.2 Å². The van der Waals surface area contributed by atoms with Crippen LogP contribution in [0.15, 0.2) is 22.7 Å². The normalized spacial score (nSPS) is 11.9. The second-order valence-corrected chi connectivity index (χ2v) is 5.31. The van der Waals surface area contributed by atoms with Crippen molar-refractivity contribution in [3.8, 4) is 11.8 Å². The number of nitrogens with zero attached hydrogens (tertiary/aromatic N) is 1. The molecule has 0 N–H and O–H groups in total. The van der Waals surface area contributed by atoms with Crippen LogP contribution in [0.25, 0.3) is 0 Å². The molecule has 1 aromatic carbocycles. The molecule has 1 rings (SSSR count). The summed E-state index contributed by atoms with van der Waals surface area (Å²) in [7, 11) is 0. The summed E-state index contributed by atoms with van der Waals surface area (Å²) in [6, 6.07) is 7.79. The minimum atomic E-state index is 0.579. The Morgan fingerprint density at radius 3 is 2.78 bits per heavy atom. The van der Waals surface area contributed by atoms with E-state index in [0.29, 0.717) is 23.8 Å². The van der Waals surface area contributed by atoms with Crippen molar-refractivity contribution in [2.75, 3.05) is 6.61 Å². The number of rotatable bonds is 7. The Balaban J connectivity index is 2.62. The molecular weight excluding hydrogens is 290 g/mol. The summed E-state index contributed by atoms with van der Waals surface area (Å²) in [6.07, 6.45) is 4.78. The number of benzene rings is 1. The summed E-state index contributed by atoms with van der Waals surface area (Å²) >= 11 is 3.37. The summed E-state index contributed by atoms with van der Waals surface area (Å²) in [5.74, 6) is 1.26. The average Bonchev–Trinajstić information content (AvgIpc) is 2.39. The molecule has 0 aromatic heterocycles. The van der Waals surface area contributed by atoms with Gasteiger partial charge in [-0.3, -0.25) is 0 Å². The Morgan fingerprint density at radius 1 is 1.39 bits per heavy atom. The molecule has 0 aliphatic heterocycles. The van der Waals surface area contributed by atoms with Gasteiger partial charge in [0.05, 0.1) is 6.61 Å². The van der Waals surface area contributed by atoms with Gasteiger partial charge in [0.2, 0.25) is 0 Å². The smallest absolute Gasteiger partial charge is 0.138 e. The molecule has 1 unspecified atom stereocenters. The molecular formula is C15H20BrNO. The highest BCUT2D eigenvalue weighted by atomic mass is 79.9. The molecule has 0 amide bonds. The lowest BCUT2D eigenvalue weighted by atomic mass is 10.0. The van der Waals surface area contributed by atoms with Crippen LogP contribution in [0.1, 0.15) is 45.1 Å². The van der Waals surface area contributed by atoms with Crippen molar-refractivity contribution in [3.05, 3.63) is 28.2 Å². The van der Waals surface area contributed by atoms with Crippen molar-refractivity contribution < 1.29 is 4.74 Å². The van der Waals surface area contributed by atoms with Crippen LogP contribution >= 0.6 is 15.9 Å². The molecule has 0 aliphatic carbocycles. The van der Waals surface area contributed by atoms with Crippen molar-refractivity contribution in [2.45, 2.75) is 39.5 Å². The first-order valence-corrected chi connectivity index (χ1v) is 7.33. The fourth-order valence-corrected chi connectivity index (χ4v) is 2.28. The second-order valence-electron chi connectivity index (χ2n) is 4.45. The van der Waals surface area contributed by atoms with E-state index in [1.165, 1.54) is 19.3 Å². The third-order valence-electron chi connectivity index (χ3n) is 3.10. The lowest BCUT2D eigenvalue weighted by Gasteiger charge is -2.16. The Labute approximate surface area is 118 Å². The highest BCUT2D eigenvalue weighted by Gasteiger charge is 2.10. The number of hydrogen-bond donors (Lipinski definition) is 0. The Hall–Kier alpha value is -1.01. The van der Waals surface area contributed by atoms with E-state index >= 15 is 0 Å². The molecule has 18 heavy (non-hydrogen) atoms. The minimum Gasteiger partial charge on any atom is -0.492 e. The molecule has 0 aliphatic rings. The first-order valence-electron chi connectivity index (χ1n) is 6.54. The van der Waals surface area contributed by atoms with E-state index < -0.39 is 0 Å². The molecule has 1 atom stereocenters. The SMILES string of the molecule is CCCCC(CC)COc1cccc(Br)c1C#N. The molecule has 98 valence electrons. The number of hydrogen-bond acceptors (Lipinski definition) is 2. The van der Waals surface area contributed by atoms with E-state index in [0.717, 1.165) is 10.9 Å². The maximum absolute atomic E-state index is 9.10. The Kier molecular flexibility index (Phi) is 6.82. The predicted octanol–water partition coefficient (Wildman–Crippen LogP) is 4.92. The van der Waals surface area contributed by atoms with Gasteiger partial charge in [0.15, 0.2) is 0 Å². The summed E-state index contributed by atoms with van der Waals surface area (Å²) in [5, 5.41) is 9.10. The molecule has 0 spiro atoms. The van der Waals surface area contributed by atoms with Crippen molar-refractivity contribution in [2.24, 2.45) is 5.92 Å². The predicted molar refractivity (Wildman–Crippen MR) is 77.7 cm³/mol. The van der Waals surface area contributed by atoms with E-state index in [1.54, 1.807) is 0 Å². The van der Waals surface area contributed by atoms with Gasteiger partial charge >= 0.3 is 0 Å². The largest absolute Gasteiger partial charge is 0.492 e. The number of unbranched alkanes of at least 4 members (excludes halogenated alkanes) is 1. The summed E-state index contributed by atoms with van der Waals surface area (Å²) in [5.41, 5.74) is 0.586. The maximum Gasteiger partial charge on any atom is 0.138 e.